The van der Waals surface area contributed by atoms with Crippen molar-refractivity contribution in [3.8, 4) is 0 Å². The summed E-state index contributed by atoms with van der Waals surface area (Å²) in [7, 11) is 1.85. The van der Waals surface area contributed by atoms with Crippen LogP contribution in [0.2, 0.25) is 0 Å². The SMILES string of the molecule is CN(CC(=O)NC1CC1)c1ccc(C(N)=S)nc1. The fourth-order valence-corrected chi connectivity index (χ4v) is 1.69. The molecule has 0 saturated heterocycles. The van der Waals surface area contributed by atoms with Gasteiger partial charge in [0.2, 0.25) is 5.91 Å². The van der Waals surface area contributed by atoms with E-state index in [2.05, 4.69) is 10.3 Å². The van der Waals surface area contributed by atoms with E-state index < -0.39 is 0 Å². The third-order valence-electron chi connectivity index (χ3n) is 2.76. The summed E-state index contributed by atoms with van der Waals surface area (Å²) in [5, 5.41) is 2.94. The average Bonchev–Trinajstić information content (AvgIpc) is 3.12. The van der Waals surface area contributed by atoms with Gasteiger partial charge in [-0.1, -0.05) is 12.2 Å². The number of carbonyl (C=O) groups is 1. The Morgan fingerprint density at radius 3 is 2.83 bits per heavy atom. The second-order valence-corrected chi connectivity index (χ2v) is 4.90. The summed E-state index contributed by atoms with van der Waals surface area (Å²) >= 11 is 4.83. The molecule has 6 heteroatoms. The fraction of sp³-hybridized carbons (Fsp3) is 0.417. The number of carbonyl (C=O) groups excluding carboxylic acids is 1. The van der Waals surface area contributed by atoms with E-state index >= 15 is 0 Å². The van der Waals surface area contributed by atoms with E-state index in [1.165, 1.54) is 0 Å². The van der Waals surface area contributed by atoms with Crippen LogP contribution in [0.15, 0.2) is 18.3 Å². The van der Waals surface area contributed by atoms with Crippen molar-refractivity contribution in [2.45, 2.75) is 18.9 Å². The quantitative estimate of drug-likeness (QED) is 0.755. The largest absolute Gasteiger partial charge is 0.388 e. The molecule has 1 aromatic rings. The first-order valence-electron chi connectivity index (χ1n) is 5.82. The summed E-state index contributed by atoms with van der Waals surface area (Å²) in [6.45, 7) is 0.324. The van der Waals surface area contributed by atoms with Crippen molar-refractivity contribution >= 4 is 28.8 Å². The maximum atomic E-state index is 11.6. The number of rotatable bonds is 5. The Hall–Kier alpha value is -1.69. The molecule has 1 heterocycles. The fourth-order valence-electron chi connectivity index (χ4n) is 1.57. The summed E-state index contributed by atoms with van der Waals surface area (Å²) in [6.07, 6.45) is 3.86. The summed E-state index contributed by atoms with van der Waals surface area (Å²) < 4.78 is 0. The number of amides is 1. The lowest BCUT2D eigenvalue weighted by Gasteiger charge is -2.18. The number of hydrogen-bond acceptors (Lipinski definition) is 4. The second-order valence-electron chi connectivity index (χ2n) is 4.46. The lowest BCUT2D eigenvalue weighted by Crippen LogP contribution is -2.36. The van der Waals surface area contributed by atoms with Crippen molar-refractivity contribution in [1.82, 2.24) is 10.3 Å². The Kier molecular flexibility index (Phi) is 3.76. The van der Waals surface area contributed by atoms with Gasteiger partial charge in [0.25, 0.3) is 0 Å². The Morgan fingerprint density at radius 2 is 2.33 bits per heavy atom. The van der Waals surface area contributed by atoms with Crippen LogP contribution >= 0.6 is 12.2 Å². The molecule has 1 amide bonds. The Labute approximate surface area is 111 Å². The number of nitrogens with two attached hydrogens (primary N) is 1. The highest BCUT2D eigenvalue weighted by Crippen LogP contribution is 2.18. The molecule has 2 rings (SSSR count). The van der Waals surface area contributed by atoms with Crippen molar-refractivity contribution in [3.05, 3.63) is 24.0 Å². The summed E-state index contributed by atoms with van der Waals surface area (Å²) in [5.74, 6) is 0.0402. The molecule has 0 aliphatic heterocycles. The summed E-state index contributed by atoms with van der Waals surface area (Å²) in [5.41, 5.74) is 6.92. The number of hydrogen-bond donors (Lipinski definition) is 2. The number of pyridine rings is 1. The van der Waals surface area contributed by atoms with E-state index in [4.69, 9.17) is 18.0 Å². The number of nitrogens with zero attached hydrogens (tertiary/aromatic N) is 2. The second kappa shape index (κ2) is 5.30. The molecule has 3 N–H and O–H groups in total. The Balaban J connectivity index is 1.92. The van der Waals surface area contributed by atoms with E-state index in [9.17, 15) is 4.79 Å². The van der Waals surface area contributed by atoms with Crippen molar-refractivity contribution in [3.63, 3.8) is 0 Å². The minimum Gasteiger partial charge on any atom is -0.388 e. The van der Waals surface area contributed by atoms with E-state index in [-0.39, 0.29) is 10.9 Å². The highest BCUT2D eigenvalue weighted by atomic mass is 32.1. The molecule has 5 nitrogen and oxygen atoms in total. The summed E-state index contributed by atoms with van der Waals surface area (Å²) in [6, 6.07) is 4.00. The van der Waals surface area contributed by atoms with Crippen molar-refractivity contribution in [2.24, 2.45) is 5.73 Å². The predicted molar refractivity (Wildman–Crippen MR) is 74.6 cm³/mol. The maximum absolute atomic E-state index is 11.6. The molecule has 0 atom stereocenters. The highest BCUT2D eigenvalue weighted by Gasteiger charge is 2.23. The molecule has 0 spiro atoms. The van der Waals surface area contributed by atoms with E-state index in [0.717, 1.165) is 18.5 Å². The van der Waals surface area contributed by atoms with Gasteiger partial charge in [-0.15, -0.1) is 0 Å². The van der Waals surface area contributed by atoms with Gasteiger partial charge >= 0.3 is 0 Å². The van der Waals surface area contributed by atoms with Crippen molar-refractivity contribution in [2.75, 3.05) is 18.5 Å². The first-order chi connectivity index (χ1) is 8.56. The van der Waals surface area contributed by atoms with Crippen LogP contribution < -0.4 is 16.0 Å². The van der Waals surface area contributed by atoms with Gasteiger partial charge in [0, 0.05) is 13.1 Å². The van der Waals surface area contributed by atoms with Gasteiger partial charge in [-0.25, -0.2) is 0 Å². The smallest absolute Gasteiger partial charge is 0.239 e. The van der Waals surface area contributed by atoms with Gasteiger partial charge in [0.1, 0.15) is 4.99 Å². The Bertz CT molecular complexity index is 456. The number of aromatic nitrogens is 1. The molecule has 96 valence electrons. The van der Waals surface area contributed by atoms with Crippen LogP contribution in [0.4, 0.5) is 5.69 Å². The summed E-state index contributed by atoms with van der Waals surface area (Å²) in [4.78, 5) is 17.9. The first kappa shape index (κ1) is 12.8. The number of thiocarbonyl (C=S) groups is 1. The van der Waals surface area contributed by atoms with Crippen LogP contribution in [0, 0.1) is 0 Å². The van der Waals surface area contributed by atoms with E-state index in [0.29, 0.717) is 18.3 Å². The third kappa shape index (κ3) is 3.40. The van der Waals surface area contributed by atoms with E-state index in [1.54, 1.807) is 12.3 Å². The van der Waals surface area contributed by atoms with Gasteiger partial charge in [0.15, 0.2) is 0 Å². The molecular weight excluding hydrogens is 248 g/mol. The minimum absolute atomic E-state index is 0.0402. The number of nitrogens with one attached hydrogen (secondary N) is 1. The standard InChI is InChI=1S/C12H16N4OS/c1-16(7-11(17)15-8-2-3-8)9-4-5-10(12(13)18)14-6-9/h4-6,8H,2-3,7H2,1H3,(H2,13,18)(H,15,17). The van der Waals surface area contributed by atoms with Crippen LogP contribution in [0.5, 0.6) is 0 Å². The third-order valence-corrected chi connectivity index (χ3v) is 2.97. The van der Waals surface area contributed by atoms with Crippen molar-refractivity contribution in [1.29, 1.82) is 0 Å². The zero-order chi connectivity index (χ0) is 13.1. The van der Waals surface area contributed by atoms with Crippen LogP contribution in [0.1, 0.15) is 18.5 Å². The lowest BCUT2D eigenvalue weighted by molar-refractivity contribution is -0.119. The number of likely N-dealkylation sites (N-methyl/N-ethyl adjacent to an activating group) is 1. The zero-order valence-electron chi connectivity index (χ0n) is 10.2. The van der Waals surface area contributed by atoms with Crippen LogP contribution in [-0.2, 0) is 4.79 Å². The molecule has 1 aliphatic rings. The maximum Gasteiger partial charge on any atom is 0.239 e. The molecule has 1 aliphatic carbocycles. The van der Waals surface area contributed by atoms with Crippen LogP contribution in [0.3, 0.4) is 0 Å². The monoisotopic (exact) mass is 264 g/mol. The van der Waals surface area contributed by atoms with Crippen LogP contribution in [-0.4, -0.2) is 35.5 Å². The highest BCUT2D eigenvalue weighted by molar-refractivity contribution is 7.80. The van der Waals surface area contributed by atoms with E-state index in [1.807, 2.05) is 18.0 Å². The van der Waals surface area contributed by atoms with Gasteiger partial charge in [-0.3, -0.25) is 9.78 Å². The van der Waals surface area contributed by atoms with Crippen LogP contribution in [0.25, 0.3) is 0 Å². The van der Waals surface area contributed by atoms with Gasteiger partial charge in [-0.05, 0) is 25.0 Å². The molecule has 0 unspecified atom stereocenters. The zero-order valence-corrected chi connectivity index (χ0v) is 11.0. The molecular formula is C12H16N4OS. The Morgan fingerprint density at radius 1 is 1.61 bits per heavy atom. The molecule has 18 heavy (non-hydrogen) atoms. The molecule has 1 saturated carbocycles. The molecule has 0 bridgehead atoms. The molecule has 0 aromatic carbocycles. The van der Waals surface area contributed by atoms with Gasteiger partial charge in [-0.2, -0.15) is 0 Å². The average molecular weight is 264 g/mol. The normalized spacial score (nSPS) is 14.1. The minimum atomic E-state index is 0.0402. The lowest BCUT2D eigenvalue weighted by atomic mass is 10.3. The topological polar surface area (TPSA) is 71.2 Å². The predicted octanol–water partition coefficient (Wildman–Crippen LogP) is 0.431. The molecule has 0 radical (unpaired) electrons. The first-order valence-corrected chi connectivity index (χ1v) is 6.23. The van der Waals surface area contributed by atoms with Gasteiger partial charge < -0.3 is 16.0 Å². The molecule has 1 aromatic heterocycles. The van der Waals surface area contributed by atoms with Gasteiger partial charge in [0.05, 0.1) is 24.1 Å². The molecule has 1 fully saturated rings. The van der Waals surface area contributed by atoms with Crippen molar-refractivity contribution < 1.29 is 4.79 Å². The number of anilines is 1.